The van der Waals surface area contributed by atoms with Gasteiger partial charge in [0.15, 0.2) is 0 Å². The zero-order valence-corrected chi connectivity index (χ0v) is 16.1. The van der Waals surface area contributed by atoms with Crippen LogP contribution in [0.3, 0.4) is 0 Å². The Balaban J connectivity index is 1.80. The van der Waals surface area contributed by atoms with Crippen molar-refractivity contribution in [3.8, 4) is 5.75 Å². The van der Waals surface area contributed by atoms with Crippen LogP contribution in [0.15, 0.2) is 24.3 Å². The monoisotopic (exact) mass is 361 g/mol. The molecule has 2 amide bonds. The highest BCUT2D eigenvalue weighted by Crippen LogP contribution is 2.31. The molecular formula is C20H31N3O3. The predicted octanol–water partition coefficient (Wildman–Crippen LogP) is 2.51. The van der Waals surface area contributed by atoms with E-state index in [4.69, 9.17) is 4.74 Å². The number of anilines is 1. The molecular weight excluding hydrogens is 330 g/mol. The Kier molecular flexibility index (Phi) is 7.91. The number of amides is 2. The van der Waals surface area contributed by atoms with Gasteiger partial charge in [-0.05, 0) is 58.8 Å². The molecule has 0 atom stereocenters. The van der Waals surface area contributed by atoms with Gasteiger partial charge < -0.3 is 20.3 Å². The lowest BCUT2D eigenvalue weighted by Gasteiger charge is -2.27. The molecule has 144 valence electrons. The zero-order valence-electron chi connectivity index (χ0n) is 16.1. The molecule has 0 aromatic heterocycles. The maximum absolute atomic E-state index is 12.6. The average molecular weight is 361 g/mol. The van der Waals surface area contributed by atoms with Crippen molar-refractivity contribution in [2.45, 2.75) is 32.6 Å². The van der Waals surface area contributed by atoms with Crippen LogP contribution in [0.2, 0.25) is 0 Å². The minimum Gasteiger partial charge on any atom is -0.492 e. The summed E-state index contributed by atoms with van der Waals surface area (Å²) in [5.74, 6) is 0.806. The fourth-order valence-corrected chi connectivity index (χ4v) is 3.25. The first-order valence-electron chi connectivity index (χ1n) is 9.46. The first kappa shape index (κ1) is 20.2. The quantitative estimate of drug-likeness (QED) is 0.746. The van der Waals surface area contributed by atoms with Crippen LogP contribution in [-0.4, -0.2) is 50.5 Å². The van der Waals surface area contributed by atoms with E-state index in [2.05, 4.69) is 10.6 Å². The Hall–Kier alpha value is -2.08. The van der Waals surface area contributed by atoms with Gasteiger partial charge in [-0.3, -0.25) is 9.59 Å². The molecule has 0 spiro atoms. The minimum atomic E-state index is -0.0458. The van der Waals surface area contributed by atoms with E-state index in [0.29, 0.717) is 24.6 Å². The molecule has 6 nitrogen and oxygen atoms in total. The molecule has 1 aliphatic carbocycles. The number of nitrogens with one attached hydrogen (secondary N) is 2. The standard InChI is InChI=1S/C20H31N3O3/c1-4-26-18-8-6-5-7-17(18)22-20(25)16-11-9-15(10-12-16)19(24)21-13-14-23(2)3/h5-8,15-16H,4,9-14H2,1-3H3,(H,21,24)(H,22,25). The molecule has 0 radical (unpaired) electrons. The number of ether oxygens (including phenoxy) is 1. The largest absolute Gasteiger partial charge is 0.492 e. The van der Waals surface area contributed by atoms with Gasteiger partial charge in [-0.25, -0.2) is 0 Å². The van der Waals surface area contributed by atoms with Gasteiger partial charge in [0.25, 0.3) is 0 Å². The number of hydrogen-bond donors (Lipinski definition) is 2. The Bertz CT molecular complexity index is 596. The van der Waals surface area contributed by atoms with Gasteiger partial charge in [-0.2, -0.15) is 0 Å². The van der Waals surface area contributed by atoms with Crippen LogP contribution in [0.1, 0.15) is 32.6 Å². The van der Waals surface area contributed by atoms with Gasteiger partial charge >= 0.3 is 0 Å². The van der Waals surface area contributed by atoms with E-state index < -0.39 is 0 Å². The molecule has 0 heterocycles. The summed E-state index contributed by atoms with van der Waals surface area (Å²) < 4.78 is 5.56. The molecule has 2 N–H and O–H groups in total. The summed E-state index contributed by atoms with van der Waals surface area (Å²) in [6.07, 6.45) is 3.01. The molecule has 1 aromatic carbocycles. The van der Waals surface area contributed by atoms with Crippen LogP contribution in [0.4, 0.5) is 5.69 Å². The van der Waals surface area contributed by atoms with Crippen molar-refractivity contribution in [1.82, 2.24) is 10.2 Å². The number of hydrogen-bond acceptors (Lipinski definition) is 4. The van der Waals surface area contributed by atoms with E-state index in [1.54, 1.807) is 0 Å². The number of rotatable bonds is 8. The summed E-state index contributed by atoms with van der Waals surface area (Å²) in [5, 5.41) is 5.98. The maximum Gasteiger partial charge on any atom is 0.227 e. The fraction of sp³-hybridized carbons (Fsp3) is 0.600. The Morgan fingerprint density at radius 2 is 1.69 bits per heavy atom. The molecule has 1 fully saturated rings. The Morgan fingerprint density at radius 1 is 1.08 bits per heavy atom. The number of nitrogens with zero attached hydrogens (tertiary/aromatic N) is 1. The summed E-state index contributed by atoms with van der Waals surface area (Å²) in [7, 11) is 3.97. The molecule has 0 unspecified atom stereocenters. The van der Waals surface area contributed by atoms with Crippen LogP contribution in [-0.2, 0) is 9.59 Å². The molecule has 1 saturated carbocycles. The predicted molar refractivity (Wildman–Crippen MR) is 103 cm³/mol. The number of likely N-dealkylation sites (N-methyl/N-ethyl adjacent to an activating group) is 1. The van der Waals surface area contributed by atoms with E-state index in [-0.39, 0.29) is 23.7 Å². The lowest BCUT2D eigenvalue weighted by Crippen LogP contribution is -2.38. The molecule has 0 aliphatic heterocycles. The summed E-state index contributed by atoms with van der Waals surface area (Å²) in [6, 6.07) is 7.48. The van der Waals surface area contributed by atoms with Crippen molar-refractivity contribution in [2.24, 2.45) is 11.8 Å². The third-order valence-corrected chi connectivity index (χ3v) is 4.77. The summed E-state index contributed by atoms with van der Waals surface area (Å²) in [6.45, 7) is 3.98. The molecule has 1 aliphatic rings. The Morgan fingerprint density at radius 3 is 2.31 bits per heavy atom. The summed E-state index contributed by atoms with van der Waals surface area (Å²) in [5.41, 5.74) is 0.711. The minimum absolute atomic E-state index is 0.0172. The summed E-state index contributed by atoms with van der Waals surface area (Å²) in [4.78, 5) is 26.8. The second kappa shape index (κ2) is 10.2. The number of para-hydroxylation sites is 2. The van der Waals surface area contributed by atoms with Gasteiger partial charge in [0.05, 0.1) is 12.3 Å². The second-order valence-electron chi connectivity index (χ2n) is 7.06. The molecule has 1 aromatic rings. The SMILES string of the molecule is CCOc1ccccc1NC(=O)C1CCC(C(=O)NCCN(C)C)CC1. The first-order valence-corrected chi connectivity index (χ1v) is 9.46. The van der Waals surface area contributed by atoms with Gasteiger partial charge in [-0.1, -0.05) is 12.1 Å². The zero-order chi connectivity index (χ0) is 18.9. The third-order valence-electron chi connectivity index (χ3n) is 4.77. The fourth-order valence-electron chi connectivity index (χ4n) is 3.25. The van der Waals surface area contributed by atoms with Crippen LogP contribution >= 0.6 is 0 Å². The number of benzene rings is 1. The highest BCUT2D eigenvalue weighted by molar-refractivity contribution is 5.94. The summed E-state index contributed by atoms with van der Waals surface area (Å²) >= 11 is 0. The lowest BCUT2D eigenvalue weighted by atomic mass is 9.81. The van der Waals surface area contributed by atoms with Crippen molar-refractivity contribution in [2.75, 3.05) is 39.1 Å². The van der Waals surface area contributed by atoms with Crippen molar-refractivity contribution in [1.29, 1.82) is 0 Å². The molecule has 0 saturated heterocycles. The Labute approximate surface area is 156 Å². The smallest absolute Gasteiger partial charge is 0.227 e. The van der Waals surface area contributed by atoms with E-state index in [9.17, 15) is 9.59 Å². The van der Waals surface area contributed by atoms with Gasteiger partial charge in [-0.15, -0.1) is 0 Å². The first-order chi connectivity index (χ1) is 12.5. The number of carbonyl (C=O) groups is 2. The topological polar surface area (TPSA) is 70.7 Å². The average Bonchev–Trinajstić information content (AvgIpc) is 2.63. The molecule has 26 heavy (non-hydrogen) atoms. The normalized spacial score (nSPS) is 19.8. The van der Waals surface area contributed by atoms with Crippen molar-refractivity contribution >= 4 is 17.5 Å². The van der Waals surface area contributed by atoms with Crippen LogP contribution < -0.4 is 15.4 Å². The second-order valence-corrected chi connectivity index (χ2v) is 7.06. The number of carbonyl (C=O) groups excluding carboxylic acids is 2. The van der Waals surface area contributed by atoms with E-state index in [1.165, 1.54) is 0 Å². The van der Waals surface area contributed by atoms with E-state index in [0.717, 1.165) is 32.2 Å². The van der Waals surface area contributed by atoms with Gasteiger partial charge in [0.2, 0.25) is 11.8 Å². The molecule has 0 bridgehead atoms. The van der Waals surface area contributed by atoms with E-state index >= 15 is 0 Å². The lowest BCUT2D eigenvalue weighted by molar-refractivity contribution is -0.128. The molecule has 2 rings (SSSR count). The highest BCUT2D eigenvalue weighted by atomic mass is 16.5. The molecule has 6 heteroatoms. The van der Waals surface area contributed by atoms with Crippen molar-refractivity contribution in [3.63, 3.8) is 0 Å². The van der Waals surface area contributed by atoms with Crippen LogP contribution in [0.25, 0.3) is 0 Å². The van der Waals surface area contributed by atoms with Crippen molar-refractivity contribution in [3.05, 3.63) is 24.3 Å². The van der Waals surface area contributed by atoms with Crippen molar-refractivity contribution < 1.29 is 14.3 Å². The maximum atomic E-state index is 12.6. The third kappa shape index (κ3) is 6.02. The van der Waals surface area contributed by atoms with Gasteiger partial charge in [0, 0.05) is 24.9 Å². The van der Waals surface area contributed by atoms with Crippen LogP contribution in [0.5, 0.6) is 5.75 Å². The highest BCUT2D eigenvalue weighted by Gasteiger charge is 2.30. The van der Waals surface area contributed by atoms with E-state index in [1.807, 2.05) is 50.2 Å². The van der Waals surface area contributed by atoms with Crippen LogP contribution in [0, 0.1) is 11.8 Å². The van der Waals surface area contributed by atoms with Gasteiger partial charge in [0.1, 0.15) is 5.75 Å².